The fraction of sp³-hybridized carbons (Fsp3) is 0.500. The van der Waals surface area contributed by atoms with Crippen LogP contribution in [0.2, 0.25) is 0 Å². The van der Waals surface area contributed by atoms with Gasteiger partial charge in [-0.05, 0) is 31.4 Å². The van der Waals surface area contributed by atoms with E-state index < -0.39 is 0 Å². The molecule has 0 bridgehead atoms. The summed E-state index contributed by atoms with van der Waals surface area (Å²) in [6.45, 7) is 4.37. The van der Waals surface area contributed by atoms with E-state index in [0.717, 1.165) is 19.4 Å². The van der Waals surface area contributed by atoms with Crippen LogP contribution in [0, 0.1) is 11.7 Å². The van der Waals surface area contributed by atoms with Crippen molar-refractivity contribution in [3.63, 3.8) is 0 Å². The molecule has 2 heterocycles. The summed E-state index contributed by atoms with van der Waals surface area (Å²) in [6.07, 6.45) is 3.27. The largest absolute Gasteiger partial charge is 0.350 e. The summed E-state index contributed by atoms with van der Waals surface area (Å²) in [5.74, 6) is -0.163. The third-order valence-electron chi connectivity index (χ3n) is 4.44. The second kappa shape index (κ2) is 7.23. The molecule has 1 aromatic rings. The van der Waals surface area contributed by atoms with E-state index in [1.165, 1.54) is 12.1 Å². The highest BCUT2D eigenvalue weighted by Gasteiger charge is 2.32. The van der Waals surface area contributed by atoms with Gasteiger partial charge in [0.15, 0.2) is 6.29 Å². The summed E-state index contributed by atoms with van der Waals surface area (Å²) in [5.41, 5.74) is 1.11. The standard InChI is InChI=1S/C18H22FNO3/c1-13(15-6-2-3-7-16(15)19)11-17(21)20-8-4-5-14(12-20)18-22-9-10-23-18/h2-3,6-7,11,14,18H,4-5,8-10,12H2,1H3/b13-11-. The Hall–Kier alpha value is -1.72. The number of ether oxygens (including phenoxy) is 2. The van der Waals surface area contributed by atoms with Crippen molar-refractivity contribution >= 4 is 11.5 Å². The summed E-state index contributed by atoms with van der Waals surface area (Å²) >= 11 is 0. The fourth-order valence-electron chi connectivity index (χ4n) is 3.22. The summed E-state index contributed by atoms with van der Waals surface area (Å²) in [4.78, 5) is 14.3. The predicted octanol–water partition coefficient (Wildman–Crippen LogP) is 2.84. The molecule has 0 saturated carbocycles. The predicted molar refractivity (Wildman–Crippen MR) is 85.0 cm³/mol. The Labute approximate surface area is 135 Å². The number of hydrogen-bond acceptors (Lipinski definition) is 3. The topological polar surface area (TPSA) is 38.8 Å². The van der Waals surface area contributed by atoms with Crippen LogP contribution >= 0.6 is 0 Å². The molecule has 2 aliphatic rings. The normalized spacial score (nSPS) is 23.3. The van der Waals surface area contributed by atoms with Crippen molar-refractivity contribution in [2.45, 2.75) is 26.1 Å². The molecule has 0 N–H and O–H groups in total. The maximum atomic E-state index is 13.8. The van der Waals surface area contributed by atoms with Gasteiger partial charge in [0.05, 0.1) is 13.2 Å². The first-order valence-electron chi connectivity index (χ1n) is 8.10. The van der Waals surface area contributed by atoms with E-state index in [1.807, 2.05) is 4.90 Å². The number of benzene rings is 1. The third-order valence-corrected chi connectivity index (χ3v) is 4.44. The second-order valence-electron chi connectivity index (χ2n) is 6.10. The molecule has 3 rings (SSSR count). The van der Waals surface area contributed by atoms with E-state index in [1.54, 1.807) is 25.1 Å². The van der Waals surface area contributed by atoms with Gasteiger partial charge in [-0.3, -0.25) is 4.79 Å². The highest BCUT2D eigenvalue weighted by Crippen LogP contribution is 2.25. The van der Waals surface area contributed by atoms with Crippen LogP contribution < -0.4 is 0 Å². The summed E-state index contributed by atoms with van der Waals surface area (Å²) in [5, 5.41) is 0. The molecule has 1 atom stereocenters. The van der Waals surface area contributed by atoms with Gasteiger partial charge in [0, 0.05) is 30.6 Å². The summed E-state index contributed by atoms with van der Waals surface area (Å²) in [7, 11) is 0. The van der Waals surface area contributed by atoms with E-state index in [-0.39, 0.29) is 23.9 Å². The van der Waals surface area contributed by atoms with Gasteiger partial charge < -0.3 is 14.4 Å². The minimum atomic E-state index is -0.307. The van der Waals surface area contributed by atoms with Gasteiger partial charge in [0.25, 0.3) is 0 Å². The molecule has 2 saturated heterocycles. The first-order chi connectivity index (χ1) is 11.1. The molecule has 5 heteroatoms. The molecule has 124 valence electrons. The smallest absolute Gasteiger partial charge is 0.246 e. The molecule has 4 nitrogen and oxygen atoms in total. The van der Waals surface area contributed by atoms with Gasteiger partial charge >= 0.3 is 0 Å². The van der Waals surface area contributed by atoms with E-state index in [2.05, 4.69) is 0 Å². The van der Waals surface area contributed by atoms with Gasteiger partial charge in [-0.25, -0.2) is 4.39 Å². The fourth-order valence-corrected chi connectivity index (χ4v) is 3.22. The van der Waals surface area contributed by atoms with Crippen molar-refractivity contribution in [2.75, 3.05) is 26.3 Å². The maximum absolute atomic E-state index is 13.8. The van der Waals surface area contributed by atoms with Gasteiger partial charge in [-0.2, -0.15) is 0 Å². The zero-order valence-electron chi connectivity index (χ0n) is 13.3. The molecule has 0 spiro atoms. The van der Waals surface area contributed by atoms with Crippen LogP contribution in [0.3, 0.4) is 0 Å². The zero-order valence-corrected chi connectivity index (χ0v) is 13.3. The Morgan fingerprint density at radius 2 is 2.04 bits per heavy atom. The van der Waals surface area contributed by atoms with E-state index in [9.17, 15) is 9.18 Å². The van der Waals surface area contributed by atoms with Crippen LogP contribution in [-0.4, -0.2) is 43.4 Å². The van der Waals surface area contributed by atoms with Crippen LogP contribution in [0.5, 0.6) is 0 Å². The number of hydrogen-bond donors (Lipinski definition) is 0. The summed E-state index contributed by atoms with van der Waals surface area (Å²) in [6, 6.07) is 6.51. The third kappa shape index (κ3) is 3.79. The monoisotopic (exact) mass is 319 g/mol. The molecule has 0 aliphatic carbocycles. The van der Waals surface area contributed by atoms with Crippen LogP contribution in [0.15, 0.2) is 30.3 Å². The molecule has 0 aromatic heterocycles. The Kier molecular flexibility index (Phi) is 5.08. The number of rotatable bonds is 3. The second-order valence-corrected chi connectivity index (χ2v) is 6.10. The quantitative estimate of drug-likeness (QED) is 0.804. The number of allylic oxidation sites excluding steroid dienone is 1. The lowest BCUT2D eigenvalue weighted by Crippen LogP contribution is -2.43. The van der Waals surface area contributed by atoms with Gasteiger partial charge in [0.1, 0.15) is 5.82 Å². The molecule has 23 heavy (non-hydrogen) atoms. The minimum absolute atomic E-state index is 0.0755. The minimum Gasteiger partial charge on any atom is -0.350 e. The molecular formula is C18H22FNO3. The number of likely N-dealkylation sites (tertiary alicyclic amines) is 1. The molecule has 1 unspecified atom stereocenters. The Morgan fingerprint density at radius 3 is 2.78 bits per heavy atom. The van der Waals surface area contributed by atoms with E-state index in [0.29, 0.717) is 30.9 Å². The van der Waals surface area contributed by atoms with Crippen molar-refractivity contribution in [1.82, 2.24) is 4.90 Å². The maximum Gasteiger partial charge on any atom is 0.246 e. The number of carbonyl (C=O) groups is 1. The van der Waals surface area contributed by atoms with Crippen molar-refractivity contribution < 1.29 is 18.7 Å². The van der Waals surface area contributed by atoms with Gasteiger partial charge in [-0.1, -0.05) is 18.2 Å². The van der Waals surface area contributed by atoms with Crippen molar-refractivity contribution in [2.24, 2.45) is 5.92 Å². The summed E-state index contributed by atoms with van der Waals surface area (Å²) < 4.78 is 24.9. The van der Waals surface area contributed by atoms with Crippen molar-refractivity contribution in [1.29, 1.82) is 0 Å². The number of piperidine rings is 1. The highest BCUT2D eigenvalue weighted by atomic mass is 19.1. The Morgan fingerprint density at radius 1 is 1.30 bits per heavy atom. The molecule has 2 fully saturated rings. The van der Waals surface area contributed by atoms with Crippen LogP contribution in [0.4, 0.5) is 4.39 Å². The molecular weight excluding hydrogens is 297 g/mol. The Balaban J connectivity index is 1.67. The molecule has 1 aromatic carbocycles. The molecule has 1 amide bonds. The van der Waals surface area contributed by atoms with Gasteiger partial charge in [0.2, 0.25) is 5.91 Å². The SMILES string of the molecule is C/C(=C/C(=O)N1CCCC(C2OCCO2)C1)c1ccccc1F. The van der Waals surface area contributed by atoms with Crippen molar-refractivity contribution in [3.05, 3.63) is 41.7 Å². The van der Waals surface area contributed by atoms with E-state index >= 15 is 0 Å². The number of amides is 1. The van der Waals surface area contributed by atoms with Crippen LogP contribution in [0.25, 0.3) is 5.57 Å². The Bertz CT molecular complexity index is 596. The van der Waals surface area contributed by atoms with Gasteiger partial charge in [-0.15, -0.1) is 0 Å². The first kappa shape index (κ1) is 16.1. The zero-order chi connectivity index (χ0) is 16.2. The molecule has 0 radical (unpaired) electrons. The average molecular weight is 319 g/mol. The van der Waals surface area contributed by atoms with Crippen LogP contribution in [-0.2, 0) is 14.3 Å². The number of nitrogens with zero attached hydrogens (tertiary/aromatic N) is 1. The molecule has 2 aliphatic heterocycles. The van der Waals surface area contributed by atoms with Crippen LogP contribution in [0.1, 0.15) is 25.3 Å². The lowest BCUT2D eigenvalue weighted by molar-refractivity contribution is -0.134. The first-order valence-corrected chi connectivity index (χ1v) is 8.10. The lowest BCUT2D eigenvalue weighted by Gasteiger charge is -2.34. The highest BCUT2D eigenvalue weighted by molar-refractivity contribution is 5.95. The lowest BCUT2D eigenvalue weighted by atomic mass is 9.97. The average Bonchev–Trinajstić information content (AvgIpc) is 3.10. The van der Waals surface area contributed by atoms with E-state index in [4.69, 9.17) is 9.47 Å². The number of halogens is 1. The van der Waals surface area contributed by atoms with Crippen molar-refractivity contribution in [3.8, 4) is 0 Å². The number of carbonyl (C=O) groups excluding carboxylic acids is 1.